The van der Waals surface area contributed by atoms with E-state index in [9.17, 15) is 4.79 Å². The number of rotatable bonds is 1. The summed E-state index contributed by atoms with van der Waals surface area (Å²) in [5, 5.41) is 1.22. The first kappa shape index (κ1) is 11.8. The predicted octanol–water partition coefficient (Wildman–Crippen LogP) is 3.65. The average molecular weight is 262 g/mol. The summed E-state index contributed by atoms with van der Waals surface area (Å²) in [7, 11) is 0. The largest absolute Gasteiger partial charge is 0.283 e. The highest BCUT2D eigenvalue weighted by Gasteiger charge is 2.25. The van der Waals surface area contributed by atoms with Crippen LogP contribution >= 0.6 is 11.6 Å². The van der Waals surface area contributed by atoms with Gasteiger partial charge in [0, 0.05) is 11.1 Å². The third-order valence-electron chi connectivity index (χ3n) is 3.88. The fraction of sp³-hybridized carbons (Fsp3) is 0.400. The number of aromatic nitrogens is 1. The molecule has 1 aromatic heterocycles. The number of para-hydroxylation sites is 1. The monoisotopic (exact) mass is 261 g/mol. The molecule has 1 heterocycles. The number of halogens is 1. The molecule has 1 aromatic carbocycles. The minimum Gasteiger partial charge on any atom is -0.283 e. The molecule has 2 aromatic rings. The lowest BCUT2D eigenvalue weighted by atomic mass is 9.88. The fourth-order valence-electron chi connectivity index (χ4n) is 3.03. The van der Waals surface area contributed by atoms with Crippen LogP contribution in [0.25, 0.3) is 10.9 Å². The van der Waals surface area contributed by atoms with Crippen molar-refractivity contribution in [2.24, 2.45) is 5.92 Å². The van der Waals surface area contributed by atoms with E-state index in [0.717, 1.165) is 24.8 Å². The summed E-state index contributed by atoms with van der Waals surface area (Å²) in [4.78, 5) is 12.1. The standard InChI is InChI=1S/C15H16ClNO/c1-10-6-7-14-12(8-10)11-4-2-3-5-13(11)17(14)15(18)9-16/h2-5,10H,6-9H2,1H3/t10-/m1/s1. The van der Waals surface area contributed by atoms with Gasteiger partial charge in [-0.2, -0.15) is 0 Å². The number of carbonyl (C=O) groups excluding carboxylic acids is 1. The lowest BCUT2D eigenvalue weighted by Crippen LogP contribution is -2.19. The van der Waals surface area contributed by atoms with E-state index < -0.39 is 0 Å². The smallest absolute Gasteiger partial charge is 0.246 e. The van der Waals surface area contributed by atoms with Crippen LogP contribution in [0.3, 0.4) is 0 Å². The lowest BCUT2D eigenvalue weighted by Gasteiger charge is -2.20. The van der Waals surface area contributed by atoms with Gasteiger partial charge >= 0.3 is 0 Å². The Hall–Kier alpha value is -1.28. The first-order valence-electron chi connectivity index (χ1n) is 6.42. The first-order valence-corrected chi connectivity index (χ1v) is 6.96. The third kappa shape index (κ3) is 1.67. The molecule has 94 valence electrons. The van der Waals surface area contributed by atoms with Crippen molar-refractivity contribution in [2.45, 2.75) is 26.2 Å². The lowest BCUT2D eigenvalue weighted by molar-refractivity contribution is 0.0941. The molecule has 0 saturated carbocycles. The number of benzene rings is 1. The topological polar surface area (TPSA) is 22.0 Å². The Labute approximate surface area is 112 Å². The molecule has 3 heteroatoms. The van der Waals surface area contributed by atoms with E-state index in [-0.39, 0.29) is 11.8 Å². The third-order valence-corrected chi connectivity index (χ3v) is 4.11. The summed E-state index contributed by atoms with van der Waals surface area (Å²) in [6.07, 6.45) is 3.20. The molecule has 3 rings (SSSR count). The van der Waals surface area contributed by atoms with E-state index in [0.29, 0.717) is 5.92 Å². The molecule has 0 radical (unpaired) electrons. The SMILES string of the molecule is C[C@@H]1CCc2c(c3ccccc3n2C(=O)CCl)C1. The Morgan fingerprint density at radius 1 is 1.44 bits per heavy atom. The van der Waals surface area contributed by atoms with Crippen LogP contribution in [0.2, 0.25) is 0 Å². The van der Waals surface area contributed by atoms with Crippen molar-refractivity contribution in [2.75, 3.05) is 5.88 Å². The van der Waals surface area contributed by atoms with Gasteiger partial charge in [0.15, 0.2) is 0 Å². The van der Waals surface area contributed by atoms with Gasteiger partial charge in [0.05, 0.1) is 5.52 Å². The Morgan fingerprint density at radius 2 is 2.22 bits per heavy atom. The van der Waals surface area contributed by atoms with E-state index in [1.807, 2.05) is 22.8 Å². The number of carbonyl (C=O) groups is 1. The van der Waals surface area contributed by atoms with Crippen LogP contribution in [0.1, 0.15) is 29.4 Å². The van der Waals surface area contributed by atoms with Crippen LogP contribution in [0.15, 0.2) is 24.3 Å². The molecule has 0 amide bonds. The van der Waals surface area contributed by atoms with Crippen LogP contribution in [0, 0.1) is 5.92 Å². The van der Waals surface area contributed by atoms with Crippen LogP contribution in [-0.2, 0) is 12.8 Å². The van der Waals surface area contributed by atoms with E-state index in [1.54, 1.807) is 0 Å². The molecule has 0 N–H and O–H groups in total. The molecule has 0 fully saturated rings. The van der Waals surface area contributed by atoms with Gasteiger partial charge in [-0.05, 0) is 36.8 Å². The molecule has 1 aliphatic rings. The normalized spacial score (nSPS) is 18.9. The van der Waals surface area contributed by atoms with E-state index >= 15 is 0 Å². The van der Waals surface area contributed by atoms with Crippen LogP contribution in [-0.4, -0.2) is 16.4 Å². The van der Waals surface area contributed by atoms with Gasteiger partial charge in [-0.1, -0.05) is 25.1 Å². The minimum absolute atomic E-state index is 0.0105. The number of hydrogen-bond acceptors (Lipinski definition) is 1. The Bertz CT molecular complexity index is 614. The van der Waals surface area contributed by atoms with Crippen molar-refractivity contribution < 1.29 is 4.79 Å². The number of nitrogens with zero attached hydrogens (tertiary/aromatic N) is 1. The van der Waals surface area contributed by atoms with Gasteiger partial charge in [-0.3, -0.25) is 9.36 Å². The van der Waals surface area contributed by atoms with E-state index in [1.165, 1.54) is 16.6 Å². The van der Waals surface area contributed by atoms with Crippen LogP contribution < -0.4 is 0 Å². The molecule has 0 unspecified atom stereocenters. The summed E-state index contributed by atoms with van der Waals surface area (Å²) in [6, 6.07) is 8.15. The predicted molar refractivity (Wildman–Crippen MR) is 74.5 cm³/mol. The summed E-state index contributed by atoms with van der Waals surface area (Å²) in [6.45, 7) is 2.28. The van der Waals surface area contributed by atoms with Crippen LogP contribution in [0.4, 0.5) is 0 Å². The fourth-order valence-corrected chi connectivity index (χ4v) is 3.15. The van der Waals surface area contributed by atoms with E-state index in [2.05, 4.69) is 13.0 Å². The van der Waals surface area contributed by atoms with Crippen molar-refractivity contribution in [3.63, 3.8) is 0 Å². The van der Waals surface area contributed by atoms with Crippen LogP contribution in [0.5, 0.6) is 0 Å². The molecule has 2 nitrogen and oxygen atoms in total. The van der Waals surface area contributed by atoms with Gasteiger partial charge in [0.25, 0.3) is 0 Å². The molecule has 1 atom stereocenters. The second-order valence-corrected chi connectivity index (χ2v) is 5.42. The maximum atomic E-state index is 12.1. The van der Waals surface area contributed by atoms with Gasteiger partial charge in [-0.25, -0.2) is 0 Å². The second-order valence-electron chi connectivity index (χ2n) is 5.15. The quantitative estimate of drug-likeness (QED) is 0.719. The highest BCUT2D eigenvalue weighted by Crippen LogP contribution is 2.34. The highest BCUT2D eigenvalue weighted by molar-refractivity contribution is 6.28. The molecule has 0 saturated heterocycles. The van der Waals surface area contributed by atoms with Gasteiger partial charge in [0.1, 0.15) is 5.88 Å². The summed E-state index contributed by atoms with van der Waals surface area (Å²) >= 11 is 5.74. The molecule has 1 aliphatic carbocycles. The molecular weight excluding hydrogens is 246 g/mol. The number of fused-ring (bicyclic) bond motifs is 3. The first-order chi connectivity index (χ1) is 8.72. The van der Waals surface area contributed by atoms with Gasteiger partial charge in [0.2, 0.25) is 5.91 Å². The molecule has 0 spiro atoms. The van der Waals surface area contributed by atoms with E-state index in [4.69, 9.17) is 11.6 Å². The Morgan fingerprint density at radius 3 is 3.00 bits per heavy atom. The Balaban J connectivity index is 2.31. The second kappa shape index (κ2) is 4.43. The average Bonchev–Trinajstić information content (AvgIpc) is 2.72. The molecule has 0 aliphatic heterocycles. The zero-order valence-corrected chi connectivity index (χ0v) is 11.2. The van der Waals surface area contributed by atoms with Crippen molar-refractivity contribution in [1.82, 2.24) is 4.57 Å². The zero-order chi connectivity index (χ0) is 12.7. The van der Waals surface area contributed by atoms with Crippen molar-refractivity contribution in [3.8, 4) is 0 Å². The maximum absolute atomic E-state index is 12.1. The van der Waals surface area contributed by atoms with Gasteiger partial charge in [-0.15, -0.1) is 11.6 Å². The molecule has 0 bridgehead atoms. The molecule has 18 heavy (non-hydrogen) atoms. The van der Waals surface area contributed by atoms with Crippen molar-refractivity contribution in [3.05, 3.63) is 35.5 Å². The van der Waals surface area contributed by atoms with Gasteiger partial charge < -0.3 is 0 Å². The summed E-state index contributed by atoms with van der Waals surface area (Å²) in [5.74, 6) is 0.729. The Kier molecular flexibility index (Phi) is 2.90. The summed E-state index contributed by atoms with van der Waals surface area (Å²) < 4.78 is 1.84. The molecular formula is C15H16ClNO. The van der Waals surface area contributed by atoms with Crippen molar-refractivity contribution in [1.29, 1.82) is 0 Å². The highest BCUT2D eigenvalue weighted by atomic mass is 35.5. The minimum atomic E-state index is -0.0105. The number of hydrogen-bond donors (Lipinski definition) is 0. The summed E-state index contributed by atoms with van der Waals surface area (Å²) in [5.41, 5.74) is 3.55. The maximum Gasteiger partial charge on any atom is 0.246 e. The zero-order valence-electron chi connectivity index (χ0n) is 10.4. The van der Waals surface area contributed by atoms with Crippen molar-refractivity contribution >= 4 is 28.4 Å². The number of alkyl halides is 1.